The SMILES string of the molecule is C[C@H](O)[C@H](N)c1ccncc1. The third kappa shape index (κ3) is 2.00. The largest absolute Gasteiger partial charge is 0.391 e. The molecule has 0 spiro atoms. The Labute approximate surface area is 65.9 Å². The molecule has 0 radical (unpaired) electrons. The average molecular weight is 152 g/mol. The van der Waals surface area contributed by atoms with E-state index in [2.05, 4.69) is 4.98 Å². The molecule has 60 valence electrons. The van der Waals surface area contributed by atoms with Crippen LogP contribution in [0.25, 0.3) is 0 Å². The maximum atomic E-state index is 9.13. The van der Waals surface area contributed by atoms with Crippen LogP contribution in [0.4, 0.5) is 0 Å². The molecule has 0 saturated heterocycles. The molecule has 0 aliphatic heterocycles. The van der Waals surface area contributed by atoms with Gasteiger partial charge in [-0.2, -0.15) is 0 Å². The number of aliphatic hydroxyl groups is 1. The second kappa shape index (κ2) is 3.46. The number of pyridine rings is 1. The van der Waals surface area contributed by atoms with Gasteiger partial charge in [-0.3, -0.25) is 4.98 Å². The molecule has 1 aromatic heterocycles. The molecule has 3 N–H and O–H groups in total. The molecule has 0 unspecified atom stereocenters. The van der Waals surface area contributed by atoms with Gasteiger partial charge in [0.15, 0.2) is 0 Å². The molecule has 0 aliphatic rings. The topological polar surface area (TPSA) is 59.1 Å². The van der Waals surface area contributed by atoms with E-state index in [0.29, 0.717) is 0 Å². The van der Waals surface area contributed by atoms with Crippen LogP contribution in [0.5, 0.6) is 0 Å². The lowest BCUT2D eigenvalue weighted by molar-refractivity contribution is 0.164. The van der Waals surface area contributed by atoms with Crippen LogP contribution in [-0.2, 0) is 0 Å². The third-order valence-electron chi connectivity index (χ3n) is 1.61. The summed E-state index contributed by atoms with van der Waals surface area (Å²) in [5.41, 5.74) is 6.57. The minimum Gasteiger partial charge on any atom is -0.391 e. The molecule has 0 aromatic carbocycles. The first-order valence-corrected chi connectivity index (χ1v) is 3.55. The van der Waals surface area contributed by atoms with Gasteiger partial charge in [0, 0.05) is 12.4 Å². The van der Waals surface area contributed by atoms with Crippen molar-refractivity contribution >= 4 is 0 Å². The van der Waals surface area contributed by atoms with Crippen molar-refractivity contribution in [3.8, 4) is 0 Å². The summed E-state index contributed by atoms with van der Waals surface area (Å²) < 4.78 is 0. The van der Waals surface area contributed by atoms with Gasteiger partial charge >= 0.3 is 0 Å². The molecule has 3 heteroatoms. The Morgan fingerprint density at radius 1 is 1.45 bits per heavy atom. The first-order valence-electron chi connectivity index (χ1n) is 3.55. The molecule has 1 rings (SSSR count). The zero-order chi connectivity index (χ0) is 8.27. The van der Waals surface area contributed by atoms with E-state index in [-0.39, 0.29) is 6.04 Å². The van der Waals surface area contributed by atoms with Gasteiger partial charge in [-0.25, -0.2) is 0 Å². The number of nitrogens with two attached hydrogens (primary N) is 1. The lowest BCUT2D eigenvalue weighted by Crippen LogP contribution is -2.22. The van der Waals surface area contributed by atoms with Gasteiger partial charge in [-0.05, 0) is 24.6 Å². The van der Waals surface area contributed by atoms with Crippen LogP contribution in [0.1, 0.15) is 18.5 Å². The van der Waals surface area contributed by atoms with E-state index in [1.165, 1.54) is 0 Å². The zero-order valence-electron chi connectivity index (χ0n) is 6.44. The normalized spacial score (nSPS) is 15.9. The zero-order valence-corrected chi connectivity index (χ0v) is 6.44. The van der Waals surface area contributed by atoms with Crippen molar-refractivity contribution in [3.05, 3.63) is 30.1 Å². The second-order valence-corrected chi connectivity index (χ2v) is 2.55. The summed E-state index contributed by atoms with van der Waals surface area (Å²) in [5.74, 6) is 0. The lowest BCUT2D eigenvalue weighted by atomic mass is 10.1. The maximum Gasteiger partial charge on any atom is 0.0704 e. The first kappa shape index (κ1) is 8.17. The Morgan fingerprint density at radius 2 is 2.00 bits per heavy atom. The molecule has 0 amide bonds. The van der Waals surface area contributed by atoms with Gasteiger partial charge < -0.3 is 10.8 Å². The highest BCUT2D eigenvalue weighted by Gasteiger charge is 2.10. The fraction of sp³-hybridized carbons (Fsp3) is 0.375. The highest BCUT2D eigenvalue weighted by atomic mass is 16.3. The predicted octanol–water partition coefficient (Wildman–Crippen LogP) is 0.462. The van der Waals surface area contributed by atoms with Crippen molar-refractivity contribution in [3.63, 3.8) is 0 Å². The summed E-state index contributed by atoms with van der Waals surface area (Å²) >= 11 is 0. The molecule has 1 aromatic rings. The number of hydrogen-bond acceptors (Lipinski definition) is 3. The van der Waals surface area contributed by atoms with Gasteiger partial charge in [0.05, 0.1) is 12.1 Å². The highest BCUT2D eigenvalue weighted by molar-refractivity contribution is 5.15. The van der Waals surface area contributed by atoms with Crippen LogP contribution in [0, 0.1) is 0 Å². The summed E-state index contributed by atoms with van der Waals surface area (Å²) in [7, 11) is 0. The summed E-state index contributed by atoms with van der Waals surface area (Å²) in [6.45, 7) is 1.67. The van der Waals surface area contributed by atoms with Gasteiger partial charge in [0.2, 0.25) is 0 Å². The number of rotatable bonds is 2. The van der Waals surface area contributed by atoms with Crippen molar-refractivity contribution in [1.82, 2.24) is 4.98 Å². The molecule has 0 bridgehead atoms. The second-order valence-electron chi connectivity index (χ2n) is 2.55. The van der Waals surface area contributed by atoms with Crippen molar-refractivity contribution in [2.24, 2.45) is 5.73 Å². The predicted molar refractivity (Wildman–Crippen MR) is 42.8 cm³/mol. The quantitative estimate of drug-likeness (QED) is 0.647. The Hall–Kier alpha value is -0.930. The molecule has 0 aliphatic carbocycles. The van der Waals surface area contributed by atoms with E-state index in [0.717, 1.165) is 5.56 Å². The molecule has 3 nitrogen and oxygen atoms in total. The number of aromatic nitrogens is 1. The molecule has 0 fully saturated rings. The Bertz CT molecular complexity index is 211. The summed E-state index contributed by atoms with van der Waals surface area (Å²) in [5, 5.41) is 9.13. The number of aliphatic hydroxyl groups excluding tert-OH is 1. The summed E-state index contributed by atoms with van der Waals surface area (Å²) in [4.78, 5) is 3.85. The number of nitrogens with zero attached hydrogens (tertiary/aromatic N) is 1. The van der Waals surface area contributed by atoms with Gasteiger partial charge in [0.1, 0.15) is 0 Å². The summed E-state index contributed by atoms with van der Waals surface area (Å²) in [6.07, 6.45) is 2.81. The average Bonchev–Trinajstić information content (AvgIpc) is 2.05. The monoisotopic (exact) mass is 152 g/mol. The molecule has 0 saturated carbocycles. The van der Waals surface area contributed by atoms with Crippen LogP contribution in [0.2, 0.25) is 0 Å². The maximum absolute atomic E-state index is 9.13. The van der Waals surface area contributed by atoms with E-state index >= 15 is 0 Å². The van der Waals surface area contributed by atoms with Gasteiger partial charge in [-0.15, -0.1) is 0 Å². The van der Waals surface area contributed by atoms with Gasteiger partial charge in [0.25, 0.3) is 0 Å². The molecular formula is C8H12N2O. The molecule has 11 heavy (non-hydrogen) atoms. The fourth-order valence-corrected chi connectivity index (χ4v) is 0.864. The summed E-state index contributed by atoms with van der Waals surface area (Å²) in [6, 6.07) is 3.30. The van der Waals surface area contributed by atoms with Crippen molar-refractivity contribution in [1.29, 1.82) is 0 Å². The van der Waals surface area contributed by atoms with E-state index < -0.39 is 6.10 Å². The first-order chi connectivity index (χ1) is 5.22. The minimum absolute atomic E-state index is 0.307. The Kier molecular flexibility index (Phi) is 2.57. The smallest absolute Gasteiger partial charge is 0.0704 e. The van der Waals surface area contributed by atoms with Gasteiger partial charge in [-0.1, -0.05) is 0 Å². The van der Waals surface area contributed by atoms with Crippen molar-refractivity contribution < 1.29 is 5.11 Å². The van der Waals surface area contributed by atoms with E-state index in [1.807, 2.05) is 0 Å². The third-order valence-corrected chi connectivity index (χ3v) is 1.61. The van der Waals surface area contributed by atoms with E-state index in [1.54, 1.807) is 31.5 Å². The van der Waals surface area contributed by atoms with E-state index in [4.69, 9.17) is 10.8 Å². The standard InChI is InChI=1S/C8H12N2O/c1-6(11)8(9)7-2-4-10-5-3-7/h2-6,8,11H,9H2,1H3/t6-,8-/m0/s1. The van der Waals surface area contributed by atoms with Crippen LogP contribution < -0.4 is 5.73 Å². The Morgan fingerprint density at radius 3 is 2.45 bits per heavy atom. The van der Waals surface area contributed by atoms with Crippen LogP contribution in [-0.4, -0.2) is 16.2 Å². The van der Waals surface area contributed by atoms with Crippen molar-refractivity contribution in [2.45, 2.75) is 19.1 Å². The lowest BCUT2D eigenvalue weighted by Gasteiger charge is -2.13. The molecular weight excluding hydrogens is 140 g/mol. The van der Waals surface area contributed by atoms with Crippen LogP contribution >= 0.6 is 0 Å². The van der Waals surface area contributed by atoms with E-state index in [9.17, 15) is 0 Å². The Balaban J connectivity index is 2.77. The van der Waals surface area contributed by atoms with Crippen LogP contribution in [0.15, 0.2) is 24.5 Å². The fourth-order valence-electron chi connectivity index (χ4n) is 0.864. The minimum atomic E-state index is -0.516. The highest BCUT2D eigenvalue weighted by Crippen LogP contribution is 2.11. The molecule has 1 heterocycles. The van der Waals surface area contributed by atoms with Crippen LogP contribution in [0.3, 0.4) is 0 Å². The molecule has 2 atom stereocenters. The van der Waals surface area contributed by atoms with Crippen molar-refractivity contribution in [2.75, 3.05) is 0 Å². The number of hydrogen-bond donors (Lipinski definition) is 2.